The molecule has 1 aromatic carbocycles. The van der Waals surface area contributed by atoms with E-state index >= 15 is 0 Å². The van der Waals surface area contributed by atoms with E-state index in [9.17, 15) is 14.9 Å². The number of hydrogen-bond donors (Lipinski definition) is 2. The molecule has 1 amide bonds. The van der Waals surface area contributed by atoms with Crippen molar-refractivity contribution in [3.63, 3.8) is 0 Å². The summed E-state index contributed by atoms with van der Waals surface area (Å²) in [5, 5.41) is 13.5. The zero-order valence-electron chi connectivity index (χ0n) is 11.1. The minimum atomic E-state index is -1.03. The van der Waals surface area contributed by atoms with Gasteiger partial charge in [0.2, 0.25) is 5.91 Å². The van der Waals surface area contributed by atoms with E-state index in [2.05, 4.69) is 5.32 Å². The van der Waals surface area contributed by atoms with Gasteiger partial charge in [0, 0.05) is 6.07 Å². The summed E-state index contributed by atoms with van der Waals surface area (Å²) in [6, 6.07) is 4.31. The number of benzene rings is 1. The van der Waals surface area contributed by atoms with Gasteiger partial charge in [-0.25, -0.2) is 0 Å². The molecule has 0 aromatic heterocycles. The van der Waals surface area contributed by atoms with Crippen molar-refractivity contribution in [2.24, 2.45) is 5.73 Å². The first-order valence-electron chi connectivity index (χ1n) is 5.67. The van der Waals surface area contributed by atoms with Crippen LogP contribution in [0.25, 0.3) is 0 Å². The third-order valence-corrected chi connectivity index (χ3v) is 2.99. The molecule has 1 rings (SSSR count). The summed E-state index contributed by atoms with van der Waals surface area (Å²) in [6.07, 6.45) is 0. The highest BCUT2D eigenvalue weighted by Gasteiger charge is 2.30. The number of rotatable bonds is 6. The Labute approximate surface area is 110 Å². The molecule has 0 fully saturated rings. The quantitative estimate of drug-likeness (QED) is 0.584. The van der Waals surface area contributed by atoms with Gasteiger partial charge in [-0.3, -0.25) is 14.9 Å². The minimum absolute atomic E-state index is 0.0131. The first kappa shape index (κ1) is 14.9. The summed E-state index contributed by atoms with van der Waals surface area (Å²) in [5.74, 6) is -0.199. The lowest BCUT2D eigenvalue weighted by molar-refractivity contribution is -0.385. The van der Waals surface area contributed by atoms with Crippen LogP contribution in [0.5, 0.6) is 5.75 Å². The monoisotopic (exact) mass is 267 g/mol. The molecular formula is C12H17N3O4. The zero-order valence-corrected chi connectivity index (χ0v) is 11.1. The number of likely N-dealkylation sites (N-methyl/N-ethyl adjacent to an activating group) is 1. The number of aryl methyl sites for hydroxylation is 1. The fourth-order valence-electron chi connectivity index (χ4n) is 1.35. The normalized spacial score (nSPS) is 13.6. The second kappa shape index (κ2) is 5.66. The Morgan fingerprint density at radius 3 is 2.68 bits per heavy atom. The van der Waals surface area contributed by atoms with Gasteiger partial charge in [-0.05, 0) is 32.5 Å². The number of nitrogens with two attached hydrogens (primary N) is 1. The molecule has 0 aliphatic rings. The van der Waals surface area contributed by atoms with E-state index in [-0.39, 0.29) is 12.3 Å². The van der Waals surface area contributed by atoms with E-state index in [1.165, 1.54) is 12.1 Å². The van der Waals surface area contributed by atoms with Gasteiger partial charge in [0.25, 0.3) is 5.69 Å². The van der Waals surface area contributed by atoms with Crippen LogP contribution >= 0.6 is 0 Å². The summed E-state index contributed by atoms with van der Waals surface area (Å²) < 4.78 is 5.48. The van der Waals surface area contributed by atoms with Crippen LogP contribution in [-0.2, 0) is 4.79 Å². The number of hydrogen-bond acceptors (Lipinski definition) is 5. The predicted molar refractivity (Wildman–Crippen MR) is 70.0 cm³/mol. The van der Waals surface area contributed by atoms with E-state index in [0.717, 1.165) is 5.56 Å². The molecule has 0 bridgehead atoms. The largest absolute Gasteiger partial charge is 0.491 e. The van der Waals surface area contributed by atoms with Crippen LogP contribution in [0.1, 0.15) is 12.5 Å². The van der Waals surface area contributed by atoms with Gasteiger partial charge >= 0.3 is 0 Å². The zero-order chi connectivity index (χ0) is 14.6. The SMILES string of the molecule is CNC(C)(COc1cc([N+](=O)[O-])ccc1C)C(N)=O. The molecule has 3 N–H and O–H groups in total. The molecular weight excluding hydrogens is 250 g/mol. The van der Waals surface area contributed by atoms with Crippen LogP contribution in [0, 0.1) is 17.0 Å². The van der Waals surface area contributed by atoms with E-state index in [1.54, 1.807) is 27.0 Å². The van der Waals surface area contributed by atoms with Gasteiger partial charge in [-0.15, -0.1) is 0 Å². The number of nitrogens with zero attached hydrogens (tertiary/aromatic N) is 1. The number of amides is 1. The van der Waals surface area contributed by atoms with Crippen LogP contribution < -0.4 is 15.8 Å². The molecule has 0 aliphatic carbocycles. The lowest BCUT2D eigenvalue weighted by atomic mass is 10.0. The molecule has 0 radical (unpaired) electrons. The highest BCUT2D eigenvalue weighted by Crippen LogP contribution is 2.24. The van der Waals surface area contributed by atoms with Gasteiger partial charge in [0.05, 0.1) is 11.0 Å². The molecule has 0 aliphatic heterocycles. The molecule has 1 atom stereocenters. The minimum Gasteiger partial charge on any atom is -0.491 e. The smallest absolute Gasteiger partial charge is 0.273 e. The lowest BCUT2D eigenvalue weighted by Gasteiger charge is -2.25. The van der Waals surface area contributed by atoms with E-state index in [1.807, 2.05) is 0 Å². The number of nitro benzene ring substituents is 1. The van der Waals surface area contributed by atoms with E-state index in [4.69, 9.17) is 10.5 Å². The number of non-ortho nitro benzene ring substituents is 1. The van der Waals surface area contributed by atoms with Crippen molar-refractivity contribution in [3.8, 4) is 5.75 Å². The average Bonchev–Trinajstić information content (AvgIpc) is 2.36. The Hall–Kier alpha value is -2.15. The maximum Gasteiger partial charge on any atom is 0.273 e. The van der Waals surface area contributed by atoms with Crippen LogP contribution in [0.4, 0.5) is 5.69 Å². The van der Waals surface area contributed by atoms with Crippen molar-refractivity contribution in [2.45, 2.75) is 19.4 Å². The summed E-state index contributed by atoms with van der Waals surface area (Å²) in [7, 11) is 1.59. The maximum absolute atomic E-state index is 11.3. The molecule has 1 aromatic rings. The summed E-state index contributed by atoms with van der Waals surface area (Å²) in [5.41, 5.74) is 4.92. The van der Waals surface area contributed by atoms with Gasteiger partial charge in [-0.2, -0.15) is 0 Å². The van der Waals surface area contributed by atoms with Crippen molar-refractivity contribution in [2.75, 3.05) is 13.7 Å². The first-order valence-corrected chi connectivity index (χ1v) is 5.67. The molecule has 104 valence electrons. The van der Waals surface area contributed by atoms with Crippen LogP contribution in [-0.4, -0.2) is 30.0 Å². The average molecular weight is 267 g/mol. The highest BCUT2D eigenvalue weighted by atomic mass is 16.6. The van der Waals surface area contributed by atoms with Crippen LogP contribution in [0.15, 0.2) is 18.2 Å². The third kappa shape index (κ3) is 3.41. The van der Waals surface area contributed by atoms with Crippen molar-refractivity contribution >= 4 is 11.6 Å². The highest BCUT2D eigenvalue weighted by molar-refractivity contribution is 5.84. The molecule has 7 heteroatoms. The van der Waals surface area contributed by atoms with Gasteiger partial charge in [-0.1, -0.05) is 0 Å². The number of nitrogens with one attached hydrogen (secondary N) is 1. The van der Waals surface area contributed by atoms with Crippen molar-refractivity contribution in [1.29, 1.82) is 0 Å². The Balaban J connectivity index is 2.91. The number of ether oxygens (including phenoxy) is 1. The topological polar surface area (TPSA) is 107 Å². The lowest BCUT2D eigenvalue weighted by Crippen LogP contribution is -2.55. The van der Waals surface area contributed by atoms with E-state index < -0.39 is 16.4 Å². The molecule has 0 heterocycles. The first-order chi connectivity index (χ1) is 8.80. The Kier molecular flexibility index (Phi) is 4.44. The van der Waals surface area contributed by atoms with Crippen molar-refractivity contribution in [1.82, 2.24) is 5.32 Å². The second-order valence-electron chi connectivity index (χ2n) is 4.44. The third-order valence-electron chi connectivity index (χ3n) is 2.99. The maximum atomic E-state index is 11.3. The predicted octanol–water partition coefficient (Wildman–Crippen LogP) is 0.745. The van der Waals surface area contributed by atoms with Crippen LogP contribution in [0.2, 0.25) is 0 Å². The Bertz CT molecular complexity index is 504. The molecule has 7 nitrogen and oxygen atoms in total. The summed E-state index contributed by atoms with van der Waals surface area (Å²) >= 11 is 0. The molecule has 19 heavy (non-hydrogen) atoms. The molecule has 0 spiro atoms. The van der Waals surface area contributed by atoms with Gasteiger partial charge < -0.3 is 15.8 Å². The van der Waals surface area contributed by atoms with Gasteiger partial charge in [0.15, 0.2) is 0 Å². The summed E-state index contributed by atoms with van der Waals surface area (Å²) in [4.78, 5) is 21.5. The fourth-order valence-corrected chi connectivity index (χ4v) is 1.35. The van der Waals surface area contributed by atoms with E-state index in [0.29, 0.717) is 5.75 Å². The number of carbonyl (C=O) groups is 1. The number of primary amides is 1. The summed E-state index contributed by atoms with van der Waals surface area (Å²) in [6.45, 7) is 3.35. The molecule has 0 saturated heterocycles. The standard InChI is InChI=1S/C12H17N3O4/c1-8-4-5-9(15(17)18)6-10(8)19-7-12(2,14-3)11(13)16/h4-6,14H,7H2,1-3H3,(H2,13,16). The van der Waals surface area contributed by atoms with Crippen molar-refractivity contribution in [3.05, 3.63) is 33.9 Å². The fraction of sp³-hybridized carbons (Fsp3) is 0.417. The Morgan fingerprint density at radius 2 is 2.21 bits per heavy atom. The van der Waals surface area contributed by atoms with Crippen molar-refractivity contribution < 1.29 is 14.5 Å². The van der Waals surface area contributed by atoms with Crippen LogP contribution in [0.3, 0.4) is 0 Å². The number of carbonyl (C=O) groups excluding carboxylic acids is 1. The van der Waals surface area contributed by atoms with Gasteiger partial charge in [0.1, 0.15) is 17.9 Å². The molecule has 1 unspecified atom stereocenters. The number of nitro groups is 1. The Morgan fingerprint density at radius 1 is 1.58 bits per heavy atom. The molecule has 0 saturated carbocycles. The second-order valence-corrected chi connectivity index (χ2v) is 4.44.